The van der Waals surface area contributed by atoms with Gasteiger partial charge in [-0.15, -0.1) is 0 Å². The zero-order chi connectivity index (χ0) is 14.3. The number of aliphatic carboxylic acids is 1. The van der Waals surface area contributed by atoms with Crippen molar-refractivity contribution >= 4 is 23.3 Å². The molecule has 0 spiro atoms. The number of carboxylic acid groups (broad SMARTS) is 1. The fourth-order valence-electron chi connectivity index (χ4n) is 2.46. The maximum Gasteiger partial charge on any atom is 0.314 e. The summed E-state index contributed by atoms with van der Waals surface area (Å²) in [7, 11) is 0. The third-order valence-corrected chi connectivity index (χ3v) is 4.27. The Labute approximate surface area is 122 Å². The van der Waals surface area contributed by atoms with Crippen LogP contribution in [-0.4, -0.2) is 11.1 Å². The summed E-state index contributed by atoms with van der Waals surface area (Å²) in [6, 6.07) is 13.1. The summed E-state index contributed by atoms with van der Waals surface area (Å²) >= 11 is 5.91. The van der Waals surface area contributed by atoms with Crippen LogP contribution in [0.4, 0.5) is 5.69 Å². The van der Waals surface area contributed by atoms with Crippen molar-refractivity contribution in [2.24, 2.45) is 0 Å². The minimum absolute atomic E-state index is 0.535. The number of rotatable bonds is 3. The first kappa shape index (κ1) is 13.0. The van der Waals surface area contributed by atoms with Gasteiger partial charge in [-0.2, -0.15) is 0 Å². The highest BCUT2D eigenvalue weighted by Gasteiger charge is 2.51. The lowest BCUT2D eigenvalue weighted by Crippen LogP contribution is -2.19. The van der Waals surface area contributed by atoms with E-state index in [9.17, 15) is 9.90 Å². The normalized spacial score (nSPS) is 15.8. The molecule has 3 rings (SSSR count). The quantitative estimate of drug-likeness (QED) is 0.846. The molecule has 0 radical (unpaired) electrons. The topological polar surface area (TPSA) is 63.3 Å². The number of anilines is 1. The van der Waals surface area contributed by atoms with Gasteiger partial charge in [0.15, 0.2) is 0 Å². The Kier molecular flexibility index (Phi) is 2.94. The van der Waals surface area contributed by atoms with Crippen LogP contribution in [0.25, 0.3) is 11.1 Å². The summed E-state index contributed by atoms with van der Waals surface area (Å²) in [6.45, 7) is 0. The van der Waals surface area contributed by atoms with Gasteiger partial charge in [0, 0.05) is 0 Å². The molecule has 2 aromatic rings. The number of nitrogens with two attached hydrogens (primary N) is 1. The number of hydrogen-bond donors (Lipinski definition) is 2. The zero-order valence-electron chi connectivity index (χ0n) is 10.8. The Hall–Kier alpha value is -2.00. The van der Waals surface area contributed by atoms with E-state index >= 15 is 0 Å². The summed E-state index contributed by atoms with van der Waals surface area (Å²) in [4.78, 5) is 11.3. The number of carboxylic acids is 1. The monoisotopic (exact) mass is 287 g/mol. The molecule has 1 fully saturated rings. The van der Waals surface area contributed by atoms with Crippen molar-refractivity contribution in [3.05, 3.63) is 53.1 Å². The van der Waals surface area contributed by atoms with Crippen molar-refractivity contribution in [3.63, 3.8) is 0 Å². The van der Waals surface area contributed by atoms with Gasteiger partial charge in [0.1, 0.15) is 0 Å². The second kappa shape index (κ2) is 4.53. The molecule has 0 aliphatic heterocycles. The minimum Gasteiger partial charge on any atom is -0.481 e. The van der Waals surface area contributed by atoms with E-state index in [0.717, 1.165) is 29.5 Å². The third-order valence-electron chi connectivity index (χ3n) is 3.93. The standard InChI is InChI=1S/C16H14ClNO2/c17-13-6-3-11(9-14(13)18)10-1-4-12(5-2-10)16(7-8-16)15(19)20/h1-6,9H,7-8,18H2,(H,19,20). The predicted octanol–water partition coefficient (Wildman–Crippen LogP) is 3.71. The molecular formula is C16H14ClNO2. The van der Waals surface area contributed by atoms with Crippen LogP contribution in [0.2, 0.25) is 5.02 Å². The van der Waals surface area contributed by atoms with Crippen LogP contribution in [0.1, 0.15) is 18.4 Å². The van der Waals surface area contributed by atoms with E-state index in [1.165, 1.54) is 0 Å². The van der Waals surface area contributed by atoms with Crippen molar-refractivity contribution in [1.82, 2.24) is 0 Å². The molecule has 0 bridgehead atoms. The number of carbonyl (C=O) groups is 1. The number of benzene rings is 2. The second-order valence-electron chi connectivity index (χ2n) is 5.20. The molecule has 2 aromatic carbocycles. The molecular weight excluding hydrogens is 274 g/mol. The van der Waals surface area contributed by atoms with E-state index in [0.29, 0.717) is 10.7 Å². The summed E-state index contributed by atoms with van der Waals surface area (Å²) < 4.78 is 0. The minimum atomic E-state index is -0.735. The highest BCUT2D eigenvalue weighted by molar-refractivity contribution is 6.33. The van der Waals surface area contributed by atoms with Crippen LogP contribution < -0.4 is 5.73 Å². The summed E-state index contributed by atoms with van der Waals surface area (Å²) in [5, 5.41) is 9.81. The van der Waals surface area contributed by atoms with Gasteiger partial charge in [0.2, 0.25) is 0 Å². The Morgan fingerprint density at radius 1 is 1.10 bits per heavy atom. The van der Waals surface area contributed by atoms with Crippen molar-refractivity contribution in [3.8, 4) is 11.1 Å². The van der Waals surface area contributed by atoms with Crippen LogP contribution in [0.5, 0.6) is 0 Å². The molecule has 20 heavy (non-hydrogen) atoms. The van der Waals surface area contributed by atoms with Crippen molar-refractivity contribution in [2.75, 3.05) is 5.73 Å². The predicted molar refractivity (Wildman–Crippen MR) is 79.8 cm³/mol. The van der Waals surface area contributed by atoms with E-state index in [1.54, 1.807) is 6.07 Å². The number of hydrogen-bond acceptors (Lipinski definition) is 2. The van der Waals surface area contributed by atoms with E-state index in [4.69, 9.17) is 17.3 Å². The average Bonchev–Trinajstić information content (AvgIpc) is 3.24. The fraction of sp³-hybridized carbons (Fsp3) is 0.188. The van der Waals surface area contributed by atoms with Gasteiger partial charge < -0.3 is 10.8 Å². The van der Waals surface area contributed by atoms with E-state index < -0.39 is 11.4 Å². The molecule has 0 aromatic heterocycles. The lowest BCUT2D eigenvalue weighted by atomic mass is 9.94. The molecule has 3 nitrogen and oxygen atoms in total. The van der Waals surface area contributed by atoms with Gasteiger partial charge in [-0.05, 0) is 41.7 Å². The second-order valence-corrected chi connectivity index (χ2v) is 5.61. The molecule has 1 aliphatic rings. The van der Waals surface area contributed by atoms with Crippen LogP contribution in [0.15, 0.2) is 42.5 Å². The van der Waals surface area contributed by atoms with Crippen LogP contribution in [-0.2, 0) is 10.2 Å². The zero-order valence-corrected chi connectivity index (χ0v) is 11.5. The molecule has 1 saturated carbocycles. The highest BCUT2D eigenvalue weighted by atomic mass is 35.5. The third kappa shape index (κ3) is 2.04. The largest absolute Gasteiger partial charge is 0.481 e. The molecule has 102 valence electrons. The SMILES string of the molecule is Nc1cc(-c2ccc(C3(C(=O)O)CC3)cc2)ccc1Cl. The molecule has 0 amide bonds. The lowest BCUT2D eigenvalue weighted by Gasteiger charge is -2.11. The molecule has 0 atom stereocenters. The first-order valence-corrected chi connectivity index (χ1v) is 6.80. The van der Waals surface area contributed by atoms with E-state index in [-0.39, 0.29) is 0 Å². The molecule has 0 saturated heterocycles. The fourth-order valence-corrected chi connectivity index (χ4v) is 2.57. The summed E-state index contributed by atoms with van der Waals surface area (Å²) in [5.74, 6) is -0.735. The summed E-state index contributed by atoms with van der Waals surface area (Å²) in [6.07, 6.45) is 1.44. The molecule has 0 heterocycles. The van der Waals surface area contributed by atoms with Gasteiger partial charge in [-0.1, -0.05) is 41.9 Å². The Bertz CT molecular complexity index is 675. The van der Waals surface area contributed by atoms with Crippen molar-refractivity contribution in [2.45, 2.75) is 18.3 Å². The van der Waals surface area contributed by atoms with Gasteiger partial charge in [0.25, 0.3) is 0 Å². The molecule has 4 heteroatoms. The average molecular weight is 288 g/mol. The van der Waals surface area contributed by atoms with Crippen LogP contribution in [0, 0.1) is 0 Å². The van der Waals surface area contributed by atoms with Crippen LogP contribution in [0.3, 0.4) is 0 Å². The van der Waals surface area contributed by atoms with Gasteiger partial charge in [-0.3, -0.25) is 4.79 Å². The van der Waals surface area contributed by atoms with Crippen molar-refractivity contribution < 1.29 is 9.90 Å². The molecule has 1 aliphatic carbocycles. The first-order chi connectivity index (χ1) is 9.53. The lowest BCUT2D eigenvalue weighted by molar-refractivity contribution is -0.140. The maximum absolute atomic E-state index is 11.3. The molecule has 3 N–H and O–H groups in total. The molecule has 0 unspecified atom stereocenters. The van der Waals surface area contributed by atoms with Crippen molar-refractivity contribution in [1.29, 1.82) is 0 Å². The number of halogens is 1. The number of nitrogen functional groups attached to an aromatic ring is 1. The highest BCUT2D eigenvalue weighted by Crippen LogP contribution is 2.48. The first-order valence-electron chi connectivity index (χ1n) is 6.42. The van der Waals surface area contributed by atoms with Gasteiger partial charge in [-0.25, -0.2) is 0 Å². The van der Waals surface area contributed by atoms with Gasteiger partial charge >= 0.3 is 5.97 Å². The smallest absolute Gasteiger partial charge is 0.314 e. The maximum atomic E-state index is 11.3. The van der Waals surface area contributed by atoms with E-state index in [2.05, 4.69) is 0 Å². The van der Waals surface area contributed by atoms with Crippen LogP contribution >= 0.6 is 11.6 Å². The Morgan fingerprint density at radius 3 is 2.20 bits per heavy atom. The Balaban J connectivity index is 1.93. The van der Waals surface area contributed by atoms with Gasteiger partial charge in [0.05, 0.1) is 16.1 Å². The summed E-state index contributed by atoms with van der Waals surface area (Å²) in [5.41, 5.74) is 8.52. The van der Waals surface area contributed by atoms with E-state index in [1.807, 2.05) is 36.4 Å². The Morgan fingerprint density at radius 2 is 1.70 bits per heavy atom.